The van der Waals surface area contributed by atoms with Gasteiger partial charge in [-0.25, -0.2) is 19.3 Å². The van der Waals surface area contributed by atoms with E-state index in [1.807, 2.05) is 37.4 Å². The van der Waals surface area contributed by atoms with Crippen molar-refractivity contribution < 1.29 is 19.4 Å². The van der Waals surface area contributed by atoms with Gasteiger partial charge in [0.05, 0.1) is 32.0 Å². The standard InChI is InChI=1S/C32H37N7O4/c1-22-16-25(43-21-31(9-10-31)23-6-4-3-5-7-23)18-39-29(22)34-28(36-39)26(40)19-38-20-32(35-30(38)41)11-14-37(15-12-32)24-8-13-33-27(17-24)42-2/h3-8,13,16-18,26,40H,9-12,14-15,19-21H2,1-2H3,(H,35,41). The van der Waals surface area contributed by atoms with E-state index in [1.165, 1.54) is 5.56 Å². The van der Waals surface area contributed by atoms with Crippen LogP contribution in [0.5, 0.6) is 11.6 Å². The number of aryl methyl sites for hydroxylation is 1. The van der Waals surface area contributed by atoms with Crippen LogP contribution in [0.1, 0.15) is 48.7 Å². The van der Waals surface area contributed by atoms with Gasteiger partial charge in [0.1, 0.15) is 11.9 Å². The molecule has 224 valence electrons. The van der Waals surface area contributed by atoms with Crippen molar-refractivity contribution in [3.63, 3.8) is 0 Å². The van der Waals surface area contributed by atoms with Crippen LogP contribution in [-0.4, -0.2) is 81.1 Å². The maximum absolute atomic E-state index is 13.0. The Morgan fingerprint density at radius 1 is 1.09 bits per heavy atom. The lowest BCUT2D eigenvalue weighted by Gasteiger charge is -2.39. The number of rotatable bonds is 9. The van der Waals surface area contributed by atoms with Crippen LogP contribution in [0, 0.1) is 6.92 Å². The molecule has 2 saturated heterocycles. The Balaban J connectivity index is 0.986. The molecular weight excluding hydrogens is 546 g/mol. The summed E-state index contributed by atoms with van der Waals surface area (Å²) in [5.41, 5.74) is 3.69. The Bertz CT molecular complexity index is 1630. The number of nitrogens with one attached hydrogen (secondary N) is 1. The van der Waals surface area contributed by atoms with E-state index < -0.39 is 6.10 Å². The lowest BCUT2D eigenvalue weighted by atomic mass is 9.88. The molecule has 3 aromatic heterocycles. The first-order valence-corrected chi connectivity index (χ1v) is 14.9. The van der Waals surface area contributed by atoms with Gasteiger partial charge in [-0.2, -0.15) is 0 Å². The number of urea groups is 1. The number of carbonyl (C=O) groups excluding carboxylic acids is 1. The van der Waals surface area contributed by atoms with Crippen molar-refractivity contribution in [3.05, 3.63) is 77.9 Å². The molecule has 2 aliphatic heterocycles. The molecule has 1 atom stereocenters. The number of ether oxygens (including phenoxy) is 2. The van der Waals surface area contributed by atoms with Crippen LogP contribution in [0.4, 0.5) is 10.5 Å². The van der Waals surface area contributed by atoms with Gasteiger partial charge in [-0.1, -0.05) is 30.3 Å². The number of aromatic nitrogens is 4. The Morgan fingerprint density at radius 2 is 1.88 bits per heavy atom. The topological polar surface area (TPSA) is 117 Å². The van der Waals surface area contributed by atoms with Crippen molar-refractivity contribution in [2.45, 2.75) is 49.7 Å². The van der Waals surface area contributed by atoms with Crippen LogP contribution >= 0.6 is 0 Å². The first kappa shape index (κ1) is 27.5. The zero-order chi connectivity index (χ0) is 29.6. The molecule has 43 heavy (non-hydrogen) atoms. The molecule has 2 N–H and O–H groups in total. The highest BCUT2D eigenvalue weighted by molar-refractivity contribution is 5.78. The van der Waals surface area contributed by atoms with Gasteiger partial charge >= 0.3 is 6.03 Å². The van der Waals surface area contributed by atoms with Gasteiger partial charge in [0.15, 0.2) is 11.5 Å². The smallest absolute Gasteiger partial charge is 0.318 e. The van der Waals surface area contributed by atoms with E-state index in [0.29, 0.717) is 30.5 Å². The summed E-state index contributed by atoms with van der Waals surface area (Å²) in [7, 11) is 1.61. The summed E-state index contributed by atoms with van der Waals surface area (Å²) in [6.45, 7) is 4.82. The third-order valence-corrected chi connectivity index (χ3v) is 9.22. The number of pyridine rings is 2. The van der Waals surface area contributed by atoms with Crippen LogP contribution in [-0.2, 0) is 5.41 Å². The number of aliphatic hydroxyl groups is 1. The Hall–Kier alpha value is -4.38. The number of hydrogen-bond donors (Lipinski definition) is 2. The second-order valence-electron chi connectivity index (χ2n) is 12.2. The molecule has 0 bridgehead atoms. The Morgan fingerprint density at radius 3 is 2.63 bits per heavy atom. The molecule has 5 heterocycles. The fourth-order valence-electron chi connectivity index (χ4n) is 6.44. The normalized spacial score (nSPS) is 19.5. The van der Waals surface area contributed by atoms with Crippen molar-refractivity contribution >= 4 is 17.4 Å². The molecule has 4 aromatic rings. The summed E-state index contributed by atoms with van der Waals surface area (Å²) in [4.78, 5) is 25.8. The predicted octanol–water partition coefficient (Wildman–Crippen LogP) is 3.65. The summed E-state index contributed by atoms with van der Waals surface area (Å²) in [5, 5.41) is 18.9. The average Bonchev–Trinajstić information content (AvgIpc) is 3.60. The second-order valence-corrected chi connectivity index (χ2v) is 12.2. The number of fused-ring (bicyclic) bond motifs is 1. The van der Waals surface area contributed by atoms with Crippen LogP contribution in [0.2, 0.25) is 0 Å². The van der Waals surface area contributed by atoms with Crippen LogP contribution < -0.4 is 19.7 Å². The molecule has 1 saturated carbocycles. The number of hydrogen-bond acceptors (Lipinski definition) is 8. The monoisotopic (exact) mass is 583 g/mol. The minimum Gasteiger partial charge on any atom is -0.491 e. The van der Waals surface area contributed by atoms with E-state index in [2.05, 4.69) is 49.5 Å². The van der Waals surface area contributed by atoms with E-state index in [0.717, 1.165) is 55.8 Å². The zero-order valence-electron chi connectivity index (χ0n) is 24.6. The lowest BCUT2D eigenvalue weighted by Crippen LogP contribution is -2.52. The second kappa shape index (κ2) is 10.7. The van der Waals surface area contributed by atoms with E-state index in [9.17, 15) is 9.90 Å². The quantitative estimate of drug-likeness (QED) is 0.307. The van der Waals surface area contributed by atoms with Crippen LogP contribution in [0.3, 0.4) is 0 Å². The van der Waals surface area contributed by atoms with Crippen molar-refractivity contribution in [1.29, 1.82) is 0 Å². The van der Waals surface area contributed by atoms with E-state index in [1.54, 1.807) is 22.7 Å². The lowest BCUT2D eigenvalue weighted by molar-refractivity contribution is 0.121. The number of anilines is 1. The van der Waals surface area contributed by atoms with Crippen molar-refractivity contribution in [2.24, 2.45) is 0 Å². The Labute approximate surface area is 250 Å². The summed E-state index contributed by atoms with van der Waals surface area (Å²) < 4.78 is 13.2. The van der Waals surface area contributed by atoms with Crippen molar-refractivity contribution in [2.75, 3.05) is 44.8 Å². The van der Waals surface area contributed by atoms with Gasteiger partial charge in [-0.15, -0.1) is 5.10 Å². The van der Waals surface area contributed by atoms with Crippen molar-refractivity contribution in [3.8, 4) is 11.6 Å². The molecule has 3 aliphatic rings. The minimum absolute atomic E-state index is 0.0741. The number of carbonyl (C=O) groups is 1. The summed E-state index contributed by atoms with van der Waals surface area (Å²) in [5.74, 6) is 1.59. The molecule has 11 heteroatoms. The molecule has 2 amide bonds. The van der Waals surface area contributed by atoms with Crippen LogP contribution in [0.15, 0.2) is 60.9 Å². The maximum atomic E-state index is 13.0. The number of nitrogens with zero attached hydrogens (tertiary/aromatic N) is 6. The zero-order valence-corrected chi connectivity index (χ0v) is 24.6. The Kier molecular flexibility index (Phi) is 6.84. The molecule has 7 rings (SSSR count). The van der Waals surface area contributed by atoms with Gasteiger partial charge < -0.3 is 29.7 Å². The molecule has 1 unspecified atom stereocenters. The van der Waals surface area contributed by atoms with Crippen LogP contribution in [0.25, 0.3) is 5.65 Å². The summed E-state index contributed by atoms with van der Waals surface area (Å²) in [6, 6.07) is 16.2. The number of amides is 2. The van der Waals surface area contributed by atoms with Gasteiger partial charge in [0.2, 0.25) is 5.88 Å². The maximum Gasteiger partial charge on any atom is 0.318 e. The number of methoxy groups -OCH3 is 1. The SMILES string of the molecule is COc1cc(N2CCC3(CC2)CN(CC(O)c2nc4c(C)cc(OCC5(c6ccccc6)CC5)cn4n2)C(=O)N3)ccn1. The highest BCUT2D eigenvalue weighted by atomic mass is 16.5. The van der Waals surface area contributed by atoms with E-state index in [4.69, 9.17) is 9.47 Å². The largest absolute Gasteiger partial charge is 0.491 e. The van der Waals surface area contributed by atoms with E-state index >= 15 is 0 Å². The van der Waals surface area contributed by atoms with Gasteiger partial charge in [-0.3, -0.25) is 0 Å². The van der Waals surface area contributed by atoms with Gasteiger partial charge in [0.25, 0.3) is 0 Å². The predicted molar refractivity (Wildman–Crippen MR) is 161 cm³/mol. The number of aliphatic hydroxyl groups excluding tert-OH is 1. The molecule has 11 nitrogen and oxygen atoms in total. The third-order valence-electron chi connectivity index (χ3n) is 9.22. The molecule has 1 spiro atoms. The van der Waals surface area contributed by atoms with E-state index in [-0.39, 0.29) is 23.5 Å². The highest BCUT2D eigenvalue weighted by Gasteiger charge is 2.46. The third kappa shape index (κ3) is 5.33. The molecule has 1 aromatic carbocycles. The first-order valence-electron chi connectivity index (χ1n) is 14.9. The fourth-order valence-corrected chi connectivity index (χ4v) is 6.44. The van der Waals surface area contributed by atoms with Crippen molar-refractivity contribution in [1.82, 2.24) is 29.8 Å². The molecule has 0 radical (unpaired) electrons. The summed E-state index contributed by atoms with van der Waals surface area (Å²) >= 11 is 0. The summed E-state index contributed by atoms with van der Waals surface area (Å²) in [6.07, 6.45) is 6.38. The number of β-amino-alcohol motifs (C(OH)–C–C–N with tert-alkyl or cyclic N) is 1. The first-order chi connectivity index (χ1) is 20.9. The average molecular weight is 584 g/mol. The molecule has 1 aliphatic carbocycles. The van der Waals surface area contributed by atoms with Gasteiger partial charge in [-0.05, 0) is 55.9 Å². The molecule has 3 fully saturated rings. The molecular formula is C32H37N7O4. The van der Waals surface area contributed by atoms with Gasteiger partial charge in [0, 0.05) is 43.0 Å². The minimum atomic E-state index is -1.01. The number of piperidine rings is 1. The number of benzene rings is 1. The highest BCUT2D eigenvalue weighted by Crippen LogP contribution is 2.48. The fraction of sp³-hybridized carbons (Fsp3) is 0.438.